The molecular formula is C40H60FN5O10S. The first-order valence-corrected chi connectivity index (χ1v) is 20.9. The number of pyridine rings is 1. The molecule has 7 atom stereocenters. The first-order chi connectivity index (χ1) is 26.9. The molecule has 2 aromatic rings. The van der Waals surface area contributed by atoms with Crippen LogP contribution in [0.25, 0.3) is 10.8 Å². The Balaban J connectivity index is 0.00000320. The van der Waals surface area contributed by atoms with Gasteiger partial charge in [-0.05, 0) is 82.9 Å². The Morgan fingerprint density at radius 1 is 1.09 bits per heavy atom. The number of fused-ring (bicyclic) bond motifs is 3. The number of alkyl halides is 1. The first-order valence-electron chi connectivity index (χ1n) is 19.5. The number of nitrogens with zero attached hydrogens (tertiary/aromatic N) is 2. The highest BCUT2D eigenvalue weighted by molar-refractivity contribution is 7.91. The van der Waals surface area contributed by atoms with Crippen LogP contribution in [0, 0.1) is 17.8 Å². The lowest BCUT2D eigenvalue weighted by Crippen LogP contribution is -2.59. The van der Waals surface area contributed by atoms with E-state index in [1.807, 2.05) is 26.0 Å². The Hall–Kier alpha value is -4.67. The maximum absolute atomic E-state index is 14.8. The number of carbonyl (C=O) groups excluding carboxylic acids is 4. The molecule has 3 N–H and O–H groups in total. The Bertz CT molecular complexity index is 2050. The fourth-order valence-electron chi connectivity index (χ4n) is 7.72. The number of hydrogen-bond acceptors (Lipinski definition) is 11. The maximum Gasteiger partial charge on any atom is 0.408 e. The molecule has 3 heterocycles. The normalized spacial score (nSPS) is 29.4. The van der Waals surface area contributed by atoms with E-state index < -0.39 is 80.5 Å². The number of allylic oxidation sites excluding steroid dienone is 1. The van der Waals surface area contributed by atoms with Crippen LogP contribution in [-0.4, -0.2) is 104 Å². The molecule has 6 rings (SSSR count). The van der Waals surface area contributed by atoms with Gasteiger partial charge >= 0.3 is 6.09 Å². The highest BCUT2D eigenvalue weighted by Gasteiger charge is 2.64. The third-order valence-electron chi connectivity index (χ3n) is 11.5. The summed E-state index contributed by atoms with van der Waals surface area (Å²) in [4.78, 5) is 62.3. The van der Waals surface area contributed by atoms with Gasteiger partial charge in [0.2, 0.25) is 27.7 Å². The SMILES string of the molecule is COc1ccc2c(O[C@@H]3C[C@H]4C(=O)N[C@]5(C(=O)NS(=O)(=O)C6(CF)CC6)C[C@H]5/C=C\[C@H](C)CCC[C@@H](C)C(NC(=O)OC(C)(C)C)C(=O)N4C3)ncc(OC)c2c1.[HH].[HH].[HH]. The highest BCUT2D eigenvalue weighted by atomic mass is 32.2. The van der Waals surface area contributed by atoms with Crippen molar-refractivity contribution in [2.45, 2.75) is 114 Å². The largest absolute Gasteiger partial charge is 0.497 e. The van der Waals surface area contributed by atoms with Crippen molar-refractivity contribution in [2.75, 3.05) is 27.4 Å². The zero-order valence-electron chi connectivity index (χ0n) is 33.6. The second-order valence-corrected chi connectivity index (χ2v) is 19.0. The molecule has 0 bridgehead atoms. The fraction of sp³-hybridized carbons (Fsp3) is 0.625. The summed E-state index contributed by atoms with van der Waals surface area (Å²) in [5.74, 6) is -1.85. The van der Waals surface area contributed by atoms with Crippen LogP contribution in [-0.2, 0) is 29.1 Å². The molecule has 1 unspecified atom stereocenters. The summed E-state index contributed by atoms with van der Waals surface area (Å²) in [5, 5.41) is 6.85. The molecule has 1 aromatic heterocycles. The number of nitrogens with one attached hydrogen (secondary N) is 3. The summed E-state index contributed by atoms with van der Waals surface area (Å²) < 4.78 is 63.6. The molecule has 2 aliphatic heterocycles. The molecule has 0 spiro atoms. The van der Waals surface area contributed by atoms with Gasteiger partial charge < -0.3 is 34.5 Å². The van der Waals surface area contributed by atoms with Crippen molar-refractivity contribution >= 4 is 44.6 Å². The predicted molar refractivity (Wildman–Crippen MR) is 214 cm³/mol. The van der Waals surface area contributed by atoms with Gasteiger partial charge in [0.1, 0.15) is 52.2 Å². The Kier molecular flexibility index (Phi) is 11.7. The van der Waals surface area contributed by atoms with Gasteiger partial charge in [-0.3, -0.25) is 19.1 Å². The molecule has 17 heteroatoms. The number of benzene rings is 1. The summed E-state index contributed by atoms with van der Waals surface area (Å²) in [6.45, 7) is 7.77. The van der Waals surface area contributed by atoms with Gasteiger partial charge in [-0.25, -0.2) is 22.6 Å². The quantitative estimate of drug-likeness (QED) is 0.287. The third kappa shape index (κ3) is 8.77. The highest BCUT2D eigenvalue weighted by Crippen LogP contribution is 2.48. The zero-order chi connectivity index (χ0) is 41.5. The number of hydrogen-bond donors (Lipinski definition) is 3. The van der Waals surface area contributed by atoms with Crippen molar-refractivity contribution in [3.05, 3.63) is 36.5 Å². The van der Waals surface area contributed by atoms with Crippen LogP contribution in [0.1, 0.15) is 83.8 Å². The predicted octanol–water partition coefficient (Wildman–Crippen LogP) is 5.07. The maximum atomic E-state index is 14.8. The Labute approximate surface area is 337 Å². The smallest absolute Gasteiger partial charge is 0.408 e. The number of carbonyl (C=O) groups is 4. The van der Waals surface area contributed by atoms with E-state index in [4.69, 9.17) is 18.9 Å². The van der Waals surface area contributed by atoms with Crippen LogP contribution in [0.15, 0.2) is 36.5 Å². The van der Waals surface area contributed by atoms with Gasteiger partial charge in [0.05, 0.1) is 27.0 Å². The first kappa shape index (κ1) is 41.9. The van der Waals surface area contributed by atoms with Crippen LogP contribution in [0.2, 0.25) is 0 Å². The van der Waals surface area contributed by atoms with Crippen molar-refractivity contribution in [1.29, 1.82) is 0 Å². The van der Waals surface area contributed by atoms with E-state index in [-0.39, 0.29) is 54.2 Å². The summed E-state index contributed by atoms with van der Waals surface area (Å²) in [5.41, 5.74) is -2.52. The number of amides is 4. The van der Waals surface area contributed by atoms with Crippen molar-refractivity contribution in [2.24, 2.45) is 17.8 Å². The molecule has 1 aromatic carbocycles. The monoisotopic (exact) mass is 821 g/mol. The summed E-state index contributed by atoms with van der Waals surface area (Å²) in [6, 6.07) is 2.98. The summed E-state index contributed by atoms with van der Waals surface area (Å²) in [7, 11) is -1.34. The average molecular weight is 822 g/mol. The second kappa shape index (κ2) is 15.9. The van der Waals surface area contributed by atoms with E-state index in [1.165, 1.54) is 18.2 Å². The van der Waals surface area contributed by atoms with Gasteiger partial charge in [-0.15, -0.1) is 0 Å². The molecule has 1 saturated heterocycles. The van der Waals surface area contributed by atoms with Crippen LogP contribution >= 0.6 is 0 Å². The summed E-state index contributed by atoms with van der Waals surface area (Å²) >= 11 is 0. The molecule has 3 fully saturated rings. The van der Waals surface area contributed by atoms with E-state index in [2.05, 4.69) is 20.3 Å². The van der Waals surface area contributed by atoms with Gasteiger partial charge in [0.15, 0.2) is 0 Å². The zero-order valence-corrected chi connectivity index (χ0v) is 34.4. The lowest BCUT2D eigenvalue weighted by Gasteiger charge is -2.32. The van der Waals surface area contributed by atoms with Crippen LogP contribution in [0.5, 0.6) is 17.4 Å². The van der Waals surface area contributed by atoms with Crippen LogP contribution in [0.4, 0.5) is 9.18 Å². The number of aromatic nitrogens is 1. The average Bonchev–Trinajstić information content (AvgIpc) is 4.06. The minimum atomic E-state index is -4.40. The molecule has 318 valence electrons. The molecule has 4 amide bonds. The van der Waals surface area contributed by atoms with E-state index in [0.717, 1.165) is 6.42 Å². The third-order valence-corrected chi connectivity index (χ3v) is 13.6. The number of rotatable bonds is 9. The summed E-state index contributed by atoms with van der Waals surface area (Å²) in [6.07, 6.45) is 5.86. The van der Waals surface area contributed by atoms with Gasteiger partial charge in [-0.2, -0.15) is 0 Å². The Morgan fingerprint density at radius 3 is 2.47 bits per heavy atom. The minimum absolute atomic E-state index is 0. The Morgan fingerprint density at radius 2 is 1.82 bits per heavy atom. The second-order valence-electron chi connectivity index (χ2n) is 16.9. The molecule has 4 aliphatic rings. The van der Waals surface area contributed by atoms with E-state index in [0.29, 0.717) is 35.1 Å². The molecular weight excluding hydrogens is 762 g/mol. The van der Waals surface area contributed by atoms with Crippen molar-refractivity contribution < 1.29 is 55.2 Å². The molecule has 0 radical (unpaired) electrons. The van der Waals surface area contributed by atoms with Crippen molar-refractivity contribution in [3.63, 3.8) is 0 Å². The lowest BCUT2D eigenvalue weighted by atomic mass is 9.92. The number of alkyl carbamates (subject to hydrolysis) is 1. The van der Waals surface area contributed by atoms with Crippen LogP contribution in [0.3, 0.4) is 0 Å². The molecule has 2 saturated carbocycles. The fourth-order valence-corrected chi connectivity index (χ4v) is 9.14. The minimum Gasteiger partial charge on any atom is -0.497 e. The molecule has 2 aliphatic carbocycles. The van der Waals surface area contributed by atoms with Gasteiger partial charge in [0.25, 0.3) is 5.91 Å². The van der Waals surface area contributed by atoms with Gasteiger partial charge in [-0.1, -0.05) is 32.4 Å². The molecule has 15 nitrogen and oxygen atoms in total. The molecule has 57 heavy (non-hydrogen) atoms. The number of halogens is 1. The topological polar surface area (TPSA) is 192 Å². The standard InChI is InChI=1S/C40H54FN5O10S.3H2/c1-23-9-8-10-24(2)32(43-37(50)56-38(3,4)5)35(48)46-21-27(55-34-28-14-13-26(53-6)17-29(28)31(54-7)20-42-34)18-30(46)33(47)44-40(19-25(40)12-11-23)36(49)45-57(51,52)39(22-41)15-16-39;;;/h11-14,17,20,23-25,27,30,32H,8-10,15-16,18-19,21-22H2,1-7H3,(H,43,50)(H,44,47)(H,45,49);3*1H/b12-11-;;;/t23-,24-,25-,27-,30+,32?,40-;;;/m1.../s1. The van der Waals surface area contributed by atoms with E-state index in [1.54, 1.807) is 46.1 Å². The van der Waals surface area contributed by atoms with Gasteiger partial charge in [0, 0.05) is 27.4 Å². The van der Waals surface area contributed by atoms with Crippen molar-refractivity contribution in [3.8, 4) is 17.4 Å². The lowest BCUT2D eigenvalue weighted by molar-refractivity contribution is -0.142. The number of ether oxygens (including phenoxy) is 4. The number of methoxy groups -OCH3 is 2. The van der Waals surface area contributed by atoms with E-state index >= 15 is 0 Å². The number of sulfonamides is 1. The van der Waals surface area contributed by atoms with Crippen molar-refractivity contribution in [1.82, 2.24) is 25.2 Å². The van der Waals surface area contributed by atoms with E-state index in [9.17, 15) is 32.0 Å². The van der Waals surface area contributed by atoms with Crippen LogP contribution < -0.4 is 29.6 Å².